The van der Waals surface area contributed by atoms with Gasteiger partial charge in [-0.15, -0.1) is 0 Å². The molecule has 4 nitrogen and oxygen atoms in total. The van der Waals surface area contributed by atoms with Gasteiger partial charge in [-0.25, -0.2) is 0 Å². The van der Waals surface area contributed by atoms with Crippen molar-refractivity contribution < 1.29 is 9.53 Å². The van der Waals surface area contributed by atoms with E-state index in [1.54, 1.807) is 26.1 Å². The Labute approximate surface area is 109 Å². The van der Waals surface area contributed by atoms with Crippen LogP contribution < -0.4 is 10.1 Å². The number of methoxy groups -OCH3 is 1. The Morgan fingerprint density at radius 2 is 1.78 bits per heavy atom. The van der Waals surface area contributed by atoms with Gasteiger partial charge in [0.15, 0.2) is 0 Å². The minimum atomic E-state index is -0.197. The van der Waals surface area contributed by atoms with Crippen LogP contribution in [0.2, 0.25) is 0 Å². The molecule has 1 rings (SSSR count). The third kappa shape index (κ3) is 3.74. The number of hydrogen-bond acceptors (Lipinski definition) is 3. The summed E-state index contributed by atoms with van der Waals surface area (Å²) in [6.07, 6.45) is 0. The van der Waals surface area contributed by atoms with Crippen LogP contribution in [0.1, 0.15) is 25.5 Å². The van der Waals surface area contributed by atoms with Crippen LogP contribution in [0.3, 0.4) is 0 Å². The predicted octanol–water partition coefficient (Wildman–Crippen LogP) is 1.82. The lowest BCUT2D eigenvalue weighted by Gasteiger charge is -2.22. The van der Waals surface area contributed by atoms with Crippen molar-refractivity contribution >= 4 is 5.91 Å². The summed E-state index contributed by atoms with van der Waals surface area (Å²) in [7, 11) is 5.17. The van der Waals surface area contributed by atoms with Gasteiger partial charge in [-0.2, -0.15) is 0 Å². The van der Waals surface area contributed by atoms with Crippen LogP contribution >= 0.6 is 0 Å². The number of nitrogens with zero attached hydrogens (tertiary/aromatic N) is 1. The minimum absolute atomic E-state index is 0.0790. The first kappa shape index (κ1) is 14.5. The van der Waals surface area contributed by atoms with Gasteiger partial charge in [0.05, 0.1) is 13.2 Å². The summed E-state index contributed by atoms with van der Waals surface area (Å²) in [5.41, 5.74) is 1.13. The molecule has 0 radical (unpaired) electrons. The lowest BCUT2D eigenvalue weighted by atomic mass is 10.1. The largest absolute Gasteiger partial charge is 0.497 e. The Kier molecular flexibility index (Phi) is 5.16. The van der Waals surface area contributed by atoms with Crippen molar-refractivity contribution in [2.75, 3.05) is 21.2 Å². The van der Waals surface area contributed by atoms with Crippen LogP contribution in [-0.2, 0) is 4.79 Å². The number of nitrogens with one attached hydrogen (secondary N) is 1. The number of carbonyl (C=O) groups excluding carboxylic acids is 1. The first-order chi connectivity index (χ1) is 8.45. The summed E-state index contributed by atoms with van der Waals surface area (Å²) in [5.74, 6) is 0.915. The van der Waals surface area contributed by atoms with Gasteiger partial charge in [0.1, 0.15) is 5.75 Å². The molecule has 100 valence electrons. The number of likely N-dealkylation sites (N-methyl/N-ethyl adjacent to an activating group) is 1. The van der Waals surface area contributed by atoms with Crippen LogP contribution in [0.4, 0.5) is 0 Å². The molecular weight excluding hydrogens is 228 g/mol. The van der Waals surface area contributed by atoms with Crippen molar-refractivity contribution in [3.8, 4) is 5.75 Å². The fourth-order valence-corrected chi connectivity index (χ4v) is 1.82. The second-order valence-electron chi connectivity index (χ2n) is 4.62. The standard InChI is InChI=1S/C14H22N2O2/c1-10(15-11(2)14(17)16(3)4)12-6-8-13(18-5)9-7-12/h6-11,15H,1-5H3/t10-,11?/m1/s1. The summed E-state index contributed by atoms with van der Waals surface area (Å²) in [4.78, 5) is 13.3. The molecule has 0 saturated carbocycles. The van der Waals surface area contributed by atoms with Gasteiger partial charge >= 0.3 is 0 Å². The normalized spacial score (nSPS) is 13.8. The first-order valence-electron chi connectivity index (χ1n) is 6.07. The van der Waals surface area contributed by atoms with Gasteiger partial charge < -0.3 is 9.64 Å². The van der Waals surface area contributed by atoms with Crippen molar-refractivity contribution in [1.29, 1.82) is 0 Å². The molecule has 0 aliphatic heterocycles. The van der Waals surface area contributed by atoms with E-state index in [2.05, 4.69) is 5.32 Å². The molecule has 0 aliphatic rings. The topological polar surface area (TPSA) is 41.6 Å². The van der Waals surface area contributed by atoms with E-state index in [4.69, 9.17) is 4.74 Å². The molecule has 4 heteroatoms. The van der Waals surface area contributed by atoms with Crippen molar-refractivity contribution in [1.82, 2.24) is 10.2 Å². The zero-order valence-corrected chi connectivity index (χ0v) is 11.7. The molecule has 0 bridgehead atoms. The smallest absolute Gasteiger partial charge is 0.238 e. The van der Waals surface area contributed by atoms with Gasteiger partial charge in [0.2, 0.25) is 5.91 Å². The number of ether oxygens (including phenoxy) is 1. The van der Waals surface area contributed by atoms with Crippen molar-refractivity contribution in [2.45, 2.75) is 25.9 Å². The summed E-state index contributed by atoms with van der Waals surface area (Å²) in [6.45, 7) is 3.92. The van der Waals surface area contributed by atoms with Gasteiger partial charge in [0.25, 0.3) is 0 Å². The maximum absolute atomic E-state index is 11.8. The number of rotatable bonds is 5. The minimum Gasteiger partial charge on any atom is -0.497 e. The molecule has 1 unspecified atom stereocenters. The molecule has 18 heavy (non-hydrogen) atoms. The molecule has 0 aliphatic carbocycles. The zero-order chi connectivity index (χ0) is 13.7. The van der Waals surface area contributed by atoms with E-state index in [0.717, 1.165) is 11.3 Å². The number of carbonyl (C=O) groups is 1. The highest BCUT2D eigenvalue weighted by atomic mass is 16.5. The average molecular weight is 250 g/mol. The monoisotopic (exact) mass is 250 g/mol. The lowest BCUT2D eigenvalue weighted by molar-refractivity contribution is -0.130. The third-order valence-electron chi connectivity index (χ3n) is 2.93. The Balaban J connectivity index is 2.64. The summed E-state index contributed by atoms with van der Waals surface area (Å²) in [6, 6.07) is 7.77. The summed E-state index contributed by atoms with van der Waals surface area (Å²) < 4.78 is 5.12. The van der Waals surface area contributed by atoms with Crippen LogP contribution in [0, 0.1) is 0 Å². The molecule has 1 amide bonds. The van der Waals surface area contributed by atoms with E-state index in [1.807, 2.05) is 38.1 Å². The highest BCUT2D eigenvalue weighted by Gasteiger charge is 2.17. The number of amides is 1. The highest BCUT2D eigenvalue weighted by molar-refractivity contribution is 5.80. The Bertz CT molecular complexity index is 387. The highest BCUT2D eigenvalue weighted by Crippen LogP contribution is 2.17. The molecule has 1 N–H and O–H groups in total. The molecule has 0 fully saturated rings. The van der Waals surface area contributed by atoms with E-state index in [1.165, 1.54) is 0 Å². The SMILES string of the molecule is COc1ccc([C@@H](C)NC(C)C(=O)N(C)C)cc1. The molecular formula is C14H22N2O2. The number of benzene rings is 1. The van der Waals surface area contributed by atoms with Crippen LogP contribution in [-0.4, -0.2) is 38.1 Å². The quantitative estimate of drug-likeness (QED) is 0.866. The van der Waals surface area contributed by atoms with Crippen LogP contribution in [0.5, 0.6) is 5.75 Å². The van der Waals surface area contributed by atoms with Crippen LogP contribution in [0.15, 0.2) is 24.3 Å². The van der Waals surface area contributed by atoms with E-state index < -0.39 is 0 Å². The summed E-state index contributed by atoms with van der Waals surface area (Å²) >= 11 is 0. The molecule has 0 heterocycles. The van der Waals surface area contributed by atoms with Gasteiger partial charge in [-0.05, 0) is 31.5 Å². The Morgan fingerprint density at radius 1 is 1.22 bits per heavy atom. The summed E-state index contributed by atoms with van der Waals surface area (Å²) in [5, 5.41) is 3.28. The Morgan fingerprint density at radius 3 is 2.22 bits per heavy atom. The predicted molar refractivity (Wildman–Crippen MR) is 72.7 cm³/mol. The molecule has 0 saturated heterocycles. The second-order valence-corrected chi connectivity index (χ2v) is 4.62. The first-order valence-corrected chi connectivity index (χ1v) is 6.07. The fourth-order valence-electron chi connectivity index (χ4n) is 1.82. The average Bonchev–Trinajstić information content (AvgIpc) is 2.37. The second kappa shape index (κ2) is 6.40. The Hall–Kier alpha value is -1.55. The lowest BCUT2D eigenvalue weighted by Crippen LogP contribution is -2.42. The zero-order valence-electron chi connectivity index (χ0n) is 11.7. The fraction of sp³-hybridized carbons (Fsp3) is 0.500. The van der Waals surface area contributed by atoms with Gasteiger partial charge in [-0.1, -0.05) is 12.1 Å². The number of hydrogen-bond donors (Lipinski definition) is 1. The van der Waals surface area contributed by atoms with Gasteiger partial charge in [-0.3, -0.25) is 10.1 Å². The van der Waals surface area contributed by atoms with E-state index >= 15 is 0 Å². The van der Waals surface area contributed by atoms with E-state index in [0.29, 0.717) is 0 Å². The van der Waals surface area contributed by atoms with Crippen molar-refractivity contribution in [2.24, 2.45) is 0 Å². The molecule has 1 aromatic carbocycles. The maximum atomic E-state index is 11.8. The maximum Gasteiger partial charge on any atom is 0.238 e. The van der Waals surface area contributed by atoms with Crippen LogP contribution in [0.25, 0.3) is 0 Å². The van der Waals surface area contributed by atoms with Crippen molar-refractivity contribution in [3.63, 3.8) is 0 Å². The molecule has 1 aromatic rings. The molecule has 2 atom stereocenters. The molecule has 0 aromatic heterocycles. The van der Waals surface area contributed by atoms with E-state index in [-0.39, 0.29) is 18.0 Å². The third-order valence-corrected chi connectivity index (χ3v) is 2.93. The molecule has 0 spiro atoms. The van der Waals surface area contributed by atoms with Crippen molar-refractivity contribution in [3.05, 3.63) is 29.8 Å². The van der Waals surface area contributed by atoms with Gasteiger partial charge in [0, 0.05) is 20.1 Å². The van der Waals surface area contributed by atoms with E-state index in [9.17, 15) is 4.79 Å².